The summed E-state index contributed by atoms with van der Waals surface area (Å²) in [6, 6.07) is 9.86. The van der Waals surface area contributed by atoms with Crippen molar-refractivity contribution >= 4 is 5.91 Å². The molecule has 1 aromatic heterocycles. The van der Waals surface area contributed by atoms with E-state index in [2.05, 4.69) is 21.8 Å². The van der Waals surface area contributed by atoms with Gasteiger partial charge < -0.3 is 15.4 Å². The van der Waals surface area contributed by atoms with Gasteiger partial charge in [-0.15, -0.1) is 0 Å². The number of amides is 1. The Morgan fingerprint density at radius 3 is 2.92 bits per heavy atom. The minimum atomic E-state index is -0.614. The number of aromatic nitrogens is 2. The fourth-order valence-corrected chi connectivity index (χ4v) is 3.89. The molecule has 2 aliphatic rings. The number of fused-ring (bicyclic) bond motifs is 1. The summed E-state index contributed by atoms with van der Waals surface area (Å²) in [5, 5.41) is 11.0. The molecule has 0 aliphatic carbocycles. The lowest BCUT2D eigenvalue weighted by molar-refractivity contribution is -0.132. The Labute approximate surface area is 147 Å². The van der Waals surface area contributed by atoms with E-state index in [0.29, 0.717) is 6.61 Å². The first-order valence-corrected chi connectivity index (χ1v) is 9.03. The van der Waals surface area contributed by atoms with Crippen molar-refractivity contribution in [3.8, 4) is 5.75 Å². The molecule has 1 amide bonds. The Morgan fingerprint density at radius 1 is 1.28 bits per heavy atom. The molecule has 3 heterocycles. The third-order valence-electron chi connectivity index (χ3n) is 5.29. The first kappa shape index (κ1) is 16.1. The molecular formula is C19H24N4O2. The number of hydrogen-bond donors (Lipinski definition) is 2. The summed E-state index contributed by atoms with van der Waals surface area (Å²) in [7, 11) is 0. The van der Waals surface area contributed by atoms with E-state index in [-0.39, 0.29) is 11.9 Å². The third kappa shape index (κ3) is 3.02. The molecule has 6 heteroatoms. The van der Waals surface area contributed by atoms with Gasteiger partial charge in [-0.3, -0.25) is 9.48 Å². The highest BCUT2D eigenvalue weighted by Gasteiger charge is 2.43. The van der Waals surface area contributed by atoms with Gasteiger partial charge in [-0.25, -0.2) is 0 Å². The van der Waals surface area contributed by atoms with Crippen LogP contribution in [0.5, 0.6) is 5.75 Å². The van der Waals surface area contributed by atoms with Crippen molar-refractivity contribution in [1.29, 1.82) is 0 Å². The second kappa shape index (κ2) is 6.88. The molecule has 4 rings (SSSR count). The van der Waals surface area contributed by atoms with Gasteiger partial charge in [0.25, 0.3) is 0 Å². The molecule has 1 fully saturated rings. The van der Waals surface area contributed by atoms with E-state index in [0.717, 1.165) is 50.1 Å². The zero-order valence-electron chi connectivity index (χ0n) is 14.3. The van der Waals surface area contributed by atoms with Crippen molar-refractivity contribution in [2.24, 2.45) is 0 Å². The van der Waals surface area contributed by atoms with Crippen LogP contribution < -0.4 is 15.4 Å². The van der Waals surface area contributed by atoms with Gasteiger partial charge in [-0.2, -0.15) is 5.10 Å². The van der Waals surface area contributed by atoms with E-state index < -0.39 is 5.54 Å². The van der Waals surface area contributed by atoms with Crippen molar-refractivity contribution < 1.29 is 9.53 Å². The predicted octanol–water partition coefficient (Wildman–Crippen LogP) is 1.99. The van der Waals surface area contributed by atoms with Gasteiger partial charge in [0.1, 0.15) is 11.3 Å². The maximum absolute atomic E-state index is 13.4. The number of ether oxygens (including phenoxy) is 1. The number of para-hydroxylation sites is 1. The maximum Gasteiger partial charge on any atom is 0.248 e. The molecule has 0 radical (unpaired) electrons. The molecule has 6 nitrogen and oxygen atoms in total. The highest BCUT2D eigenvalue weighted by atomic mass is 16.5. The molecule has 2 aromatic rings. The Hall–Kier alpha value is -2.34. The third-order valence-corrected chi connectivity index (χ3v) is 5.29. The van der Waals surface area contributed by atoms with Gasteiger partial charge in [0.05, 0.1) is 12.6 Å². The van der Waals surface area contributed by atoms with Crippen molar-refractivity contribution in [2.45, 2.75) is 37.3 Å². The molecule has 2 N–H and O–H groups in total. The zero-order valence-corrected chi connectivity index (χ0v) is 14.3. The minimum absolute atomic E-state index is 0.0199. The summed E-state index contributed by atoms with van der Waals surface area (Å²) in [6.45, 7) is 2.33. The van der Waals surface area contributed by atoms with Crippen LogP contribution in [-0.4, -0.2) is 35.4 Å². The van der Waals surface area contributed by atoms with Crippen LogP contribution in [0.15, 0.2) is 42.7 Å². The summed E-state index contributed by atoms with van der Waals surface area (Å²) in [6.07, 6.45) is 6.93. The first-order valence-electron chi connectivity index (χ1n) is 9.03. The molecule has 1 aromatic carbocycles. The minimum Gasteiger partial charge on any atom is -0.493 e. The van der Waals surface area contributed by atoms with Crippen LogP contribution >= 0.6 is 0 Å². The van der Waals surface area contributed by atoms with Crippen molar-refractivity contribution in [1.82, 2.24) is 20.4 Å². The average Bonchev–Trinajstić information content (AvgIpc) is 3.13. The molecule has 132 valence electrons. The van der Waals surface area contributed by atoms with Gasteiger partial charge in [0.15, 0.2) is 0 Å². The summed E-state index contributed by atoms with van der Waals surface area (Å²) in [4.78, 5) is 13.4. The molecule has 25 heavy (non-hydrogen) atoms. The number of piperidine rings is 1. The van der Waals surface area contributed by atoms with E-state index in [1.165, 1.54) is 0 Å². The lowest BCUT2D eigenvalue weighted by atomic mass is 9.86. The summed E-state index contributed by atoms with van der Waals surface area (Å²) < 4.78 is 7.66. The molecule has 0 spiro atoms. The van der Waals surface area contributed by atoms with Crippen LogP contribution in [-0.2, 0) is 10.3 Å². The SMILES string of the molecule is O=C(NC1CCCOc2ccccc21)C1(n2cccn2)CCNCC1. The molecule has 0 bridgehead atoms. The van der Waals surface area contributed by atoms with Gasteiger partial charge in [0, 0.05) is 18.0 Å². The Kier molecular flexibility index (Phi) is 4.44. The standard InChI is InChI=1S/C19H24N4O2/c24-18(19(8-11-20-12-9-19)23-13-4-10-21-23)22-16-6-3-14-25-17-7-2-1-5-15(16)17/h1-2,4-5,7,10,13,16,20H,3,6,8-9,11-12,14H2,(H,22,24). The first-order chi connectivity index (χ1) is 12.3. The number of benzene rings is 1. The topological polar surface area (TPSA) is 68.2 Å². The smallest absolute Gasteiger partial charge is 0.248 e. The van der Waals surface area contributed by atoms with E-state index in [9.17, 15) is 4.79 Å². The Balaban J connectivity index is 1.62. The quantitative estimate of drug-likeness (QED) is 0.897. The molecule has 1 unspecified atom stereocenters. The van der Waals surface area contributed by atoms with E-state index in [1.54, 1.807) is 6.20 Å². The highest BCUT2D eigenvalue weighted by Crippen LogP contribution is 2.33. The van der Waals surface area contributed by atoms with Crippen LogP contribution in [0.1, 0.15) is 37.3 Å². The van der Waals surface area contributed by atoms with Crippen LogP contribution in [0, 0.1) is 0 Å². The number of nitrogens with one attached hydrogen (secondary N) is 2. The molecule has 1 atom stereocenters. The van der Waals surface area contributed by atoms with Gasteiger partial charge >= 0.3 is 0 Å². The number of carbonyl (C=O) groups excluding carboxylic acids is 1. The summed E-state index contributed by atoms with van der Waals surface area (Å²) in [5.74, 6) is 0.933. The fourth-order valence-electron chi connectivity index (χ4n) is 3.89. The molecule has 2 aliphatic heterocycles. The van der Waals surface area contributed by atoms with Crippen LogP contribution in [0.25, 0.3) is 0 Å². The largest absolute Gasteiger partial charge is 0.493 e. The van der Waals surface area contributed by atoms with Crippen molar-refractivity contribution in [3.63, 3.8) is 0 Å². The average molecular weight is 340 g/mol. The Bertz CT molecular complexity index is 723. The lowest BCUT2D eigenvalue weighted by Crippen LogP contribution is -2.55. The van der Waals surface area contributed by atoms with Crippen molar-refractivity contribution in [2.75, 3.05) is 19.7 Å². The highest BCUT2D eigenvalue weighted by molar-refractivity contribution is 5.85. The van der Waals surface area contributed by atoms with Crippen LogP contribution in [0.3, 0.4) is 0 Å². The number of hydrogen-bond acceptors (Lipinski definition) is 4. The Morgan fingerprint density at radius 2 is 2.12 bits per heavy atom. The van der Waals surface area contributed by atoms with E-state index in [1.807, 2.05) is 35.1 Å². The number of rotatable bonds is 3. The van der Waals surface area contributed by atoms with Gasteiger partial charge in [-0.1, -0.05) is 18.2 Å². The van der Waals surface area contributed by atoms with E-state index >= 15 is 0 Å². The van der Waals surface area contributed by atoms with Crippen LogP contribution in [0.4, 0.5) is 0 Å². The van der Waals surface area contributed by atoms with Crippen LogP contribution in [0.2, 0.25) is 0 Å². The summed E-state index contributed by atoms with van der Waals surface area (Å²) >= 11 is 0. The molecule has 0 saturated carbocycles. The summed E-state index contributed by atoms with van der Waals surface area (Å²) in [5.41, 5.74) is 0.453. The monoisotopic (exact) mass is 340 g/mol. The second-order valence-corrected chi connectivity index (χ2v) is 6.79. The lowest BCUT2D eigenvalue weighted by Gasteiger charge is -2.37. The number of nitrogens with zero attached hydrogens (tertiary/aromatic N) is 2. The maximum atomic E-state index is 13.4. The van der Waals surface area contributed by atoms with E-state index in [4.69, 9.17) is 4.74 Å². The molecular weight excluding hydrogens is 316 g/mol. The zero-order chi connectivity index (χ0) is 17.1. The fraction of sp³-hybridized carbons (Fsp3) is 0.474. The normalized spacial score (nSPS) is 22.3. The second-order valence-electron chi connectivity index (χ2n) is 6.79. The molecule has 1 saturated heterocycles. The van der Waals surface area contributed by atoms with Gasteiger partial charge in [0.2, 0.25) is 5.91 Å². The van der Waals surface area contributed by atoms with Crippen molar-refractivity contribution in [3.05, 3.63) is 48.3 Å². The predicted molar refractivity (Wildman–Crippen MR) is 94.4 cm³/mol. The van der Waals surface area contributed by atoms with Gasteiger partial charge in [-0.05, 0) is 50.9 Å². The number of carbonyl (C=O) groups is 1.